The van der Waals surface area contributed by atoms with E-state index in [1.165, 1.54) is 12.0 Å². The SMILES string of the molecule is CCOc1cccc(CNCCN(C)C(C)CC)c1. The highest BCUT2D eigenvalue weighted by atomic mass is 16.5. The zero-order valence-electron chi connectivity index (χ0n) is 12.8. The lowest BCUT2D eigenvalue weighted by molar-refractivity contribution is 0.251. The van der Waals surface area contributed by atoms with Crippen LogP contribution in [0.4, 0.5) is 0 Å². The number of benzene rings is 1. The summed E-state index contributed by atoms with van der Waals surface area (Å²) in [4.78, 5) is 2.39. The average molecular weight is 264 g/mol. The van der Waals surface area contributed by atoms with Crippen molar-refractivity contribution in [1.82, 2.24) is 10.2 Å². The van der Waals surface area contributed by atoms with E-state index in [1.54, 1.807) is 0 Å². The first-order valence-electron chi connectivity index (χ1n) is 7.30. The minimum atomic E-state index is 0.656. The van der Waals surface area contributed by atoms with Gasteiger partial charge in [-0.25, -0.2) is 0 Å². The van der Waals surface area contributed by atoms with Crippen LogP contribution in [0.25, 0.3) is 0 Å². The highest BCUT2D eigenvalue weighted by molar-refractivity contribution is 5.28. The molecule has 0 saturated heterocycles. The third-order valence-corrected chi connectivity index (χ3v) is 3.52. The summed E-state index contributed by atoms with van der Waals surface area (Å²) in [5.74, 6) is 0.957. The molecule has 1 rings (SSSR count). The summed E-state index contributed by atoms with van der Waals surface area (Å²) in [5.41, 5.74) is 1.28. The zero-order chi connectivity index (χ0) is 14.1. The molecular formula is C16H28N2O. The van der Waals surface area contributed by atoms with Gasteiger partial charge in [0.1, 0.15) is 5.75 Å². The zero-order valence-corrected chi connectivity index (χ0v) is 12.8. The van der Waals surface area contributed by atoms with Gasteiger partial charge in [0.15, 0.2) is 0 Å². The molecule has 0 saturated carbocycles. The molecule has 0 radical (unpaired) electrons. The lowest BCUT2D eigenvalue weighted by Crippen LogP contribution is -2.34. The van der Waals surface area contributed by atoms with Gasteiger partial charge in [0.25, 0.3) is 0 Å². The molecule has 0 heterocycles. The van der Waals surface area contributed by atoms with Crippen LogP contribution in [0.1, 0.15) is 32.8 Å². The van der Waals surface area contributed by atoms with Crippen molar-refractivity contribution >= 4 is 0 Å². The fourth-order valence-corrected chi connectivity index (χ4v) is 1.93. The standard InChI is InChI=1S/C16H28N2O/c1-5-14(3)18(4)11-10-17-13-15-8-7-9-16(12-15)19-6-2/h7-9,12,14,17H,5-6,10-11,13H2,1-4H3. The van der Waals surface area contributed by atoms with Gasteiger partial charge < -0.3 is 15.0 Å². The minimum absolute atomic E-state index is 0.656. The lowest BCUT2D eigenvalue weighted by atomic mass is 10.2. The second-order valence-electron chi connectivity index (χ2n) is 5.00. The maximum Gasteiger partial charge on any atom is 0.119 e. The number of ether oxygens (including phenoxy) is 1. The van der Waals surface area contributed by atoms with Crippen molar-refractivity contribution in [2.24, 2.45) is 0 Å². The predicted octanol–water partition coefficient (Wildman–Crippen LogP) is 2.91. The van der Waals surface area contributed by atoms with E-state index in [0.717, 1.165) is 32.0 Å². The maximum absolute atomic E-state index is 5.50. The van der Waals surface area contributed by atoms with E-state index in [2.05, 4.69) is 43.2 Å². The third-order valence-electron chi connectivity index (χ3n) is 3.52. The first-order chi connectivity index (χ1) is 9.17. The van der Waals surface area contributed by atoms with Gasteiger partial charge in [0.05, 0.1) is 6.61 Å². The summed E-state index contributed by atoms with van der Waals surface area (Å²) >= 11 is 0. The second-order valence-corrected chi connectivity index (χ2v) is 5.00. The van der Waals surface area contributed by atoms with Gasteiger partial charge in [-0.05, 0) is 45.0 Å². The van der Waals surface area contributed by atoms with E-state index in [4.69, 9.17) is 4.74 Å². The summed E-state index contributed by atoms with van der Waals surface area (Å²) in [6, 6.07) is 8.95. The molecule has 0 fully saturated rings. The Bertz CT molecular complexity index is 354. The van der Waals surface area contributed by atoms with Crippen LogP contribution in [-0.4, -0.2) is 37.7 Å². The Hall–Kier alpha value is -1.06. The molecule has 3 nitrogen and oxygen atoms in total. The molecule has 1 N–H and O–H groups in total. The third kappa shape index (κ3) is 6.08. The van der Waals surface area contributed by atoms with E-state index >= 15 is 0 Å². The first-order valence-corrected chi connectivity index (χ1v) is 7.30. The molecule has 0 spiro atoms. The molecule has 0 aliphatic carbocycles. The molecular weight excluding hydrogens is 236 g/mol. The minimum Gasteiger partial charge on any atom is -0.494 e. The molecule has 1 aromatic carbocycles. The van der Waals surface area contributed by atoms with E-state index in [9.17, 15) is 0 Å². The highest BCUT2D eigenvalue weighted by Crippen LogP contribution is 2.12. The van der Waals surface area contributed by atoms with Crippen LogP contribution in [0.2, 0.25) is 0 Å². The van der Waals surface area contributed by atoms with Crippen LogP contribution < -0.4 is 10.1 Å². The molecule has 1 atom stereocenters. The number of rotatable bonds is 9. The van der Waals surface area contributed by atoms with Crippen molar-refractivity contribution in [3.63, 3.8) is 0 Å². The fraction of sp³-hybridized carbons (Fsp3) is 0.625. The Morgan fingerprint density at radius 2 is 2.11 bits per heavy atom. The predicted molar refractivity (Wildman–Crippen MR) is 81.7 cm³/mol. The quantitative estimate of drug-likeness (QED) is 0.694. The van der Waals surface area contributed by atoms with Crippen LogP contribution in [0.3, 0.4) is 0 Å². The molecule has 3 heteroatoms. The fourth-order valence-electron chi connectivity index (χ4n) is 1.93. The Labute approximate surface area is 118 Å². The molecule has 19 heavy (non-hydrogen) atoms. The summed E-state index contributed by atoms with van der Waals surface area (Å²) in [7, 11) is 2.19. The van der Waals surface area contributed by atoms with Gasteiger partial charge in [0.2, 0.25) is 0 Å². The van der Waals surface area contributed by atoms with Gasteiger partial charge in [-0.2, -0.15) is 0 Å². The topological polar surface area (TPSA) is 24.5 Å². The smallest absolute Gasteiger partial charge is 0.119 e. The normalized spacial score (nSPS) is 12.7. The molecule has 0 aromatic heterocycles. The Morgan fingerprint density at radius 3 is 2.79 bits per heavy atom. The number of hydrogen-bond acceptors (Lipinski definition) is 3. The lowest BCUT2D eigenvalue weighted by Gasteiger charge is -2.23. The molecule has 0 aliphatic heterocycles. The average Bonchev–Trinajstić information content (AvgIpc) is 2.43. The van der Waals surface area contributed by atoms with E-state index in [-0.39, 0.29) is 0 Å². The van der Waals surface area contributed by atoms with Gasteiger partial charge in [-0.1, -0.05) is 19.1 Å². The van der Waals surface area contributed by atoms with Gasteiger partial charge in [-0.3, -0.25) is 0 Å². The van der Waals surface area contributed by atoms with Crippen LogP contribution >= 0.6 is 0 Å². The number of hydrogen-bond donors (Lipinski definition) is 1. The van der Waals surface area contributed by atoms with Crippen molar-refractivity contribution in [3.8, 4) is 5.75 Å². The van der Waals surface area contributed by atoms with E-state index in [0.29, 0.717) is 6.04 Å². The highest BCUT2D eigenvalue weighted by Gasteiger charge is 2.05. The molecule has 0 aliphatic rings. The van der Waals surface area contributed by atoms with E-state index in [1.807, 2.05) is 19.1 Å². The van der Waals surface area contributed by atoms with Gasteiger partial charge in [0, 0.05) is 25.7 Å². The molecule has 0 amide bonds. The van der Waals surface area contributed by atoms with Gasteiger partial charge in [-0.15, -0.1) is 0 Å². The Balaban J connectivity index is 2.27. The first kappa shape index (κ1) is 16.0. The summed E-state index contributed by atoms with van der Waals surface area (Å²) in [5, 5.41) is 3.48. The van der Waals surface area contributed by atoms with Gasteiger partial charge >= 0.3 is 0 Å². The maximum atomic E-state index is 5.50. The van der Waals surface area contributed by atoms with Crippen LogP contribution in [0.15, 0.2) is 24.3 Å². The van der Waals surface area contributed by atoms with Crippen molar-refractivity contribution in [1.29, 1.82) is 0 Å². The number of nitrogens with one attached hydrogen (secondary N) is 1. The van der Waals surface area contributed by atoms with Crippen molar-refractivity contribution in [2.75, 3.05) is 26.7 Å². The summed E-state index contributed by atoms with van der Waals surface area (Å²) < 4.78 is 5.50. The van der Waals surface area contributed by atoms with Crippen molar-refractivity contribution < 1.29 is 4.74 Å². The van der Waals surface area contributed by atoms with Crippen LogP contribution in [0.5, 0.6) is 5.75 Å². The van der Waals surface area contributed by atoms with E-state index < -0.39 is 0 Å². The summed E-state index contributed by atoms with van der Waals surface area (Å²) in [6.45, 7) is 10.2. The Kier molecular flexibility index (Phi) is 7.53. The molecule has 0 bridgehead atoms. The number of nitrogens with zero attached hydrogens (tertiary/aromatic N) is 1. The number of likely N-dealkylation sites (N-methyl/N-ethyl adjacent to an activating group) is 1. The molecule has 1 aromatic rings. The monoisotopic (exact) mass is 264 g/mol. The Morgan fingerprint density at radius 1 is 1.32 bits per heavy atom. The van der Waals surface area contributed by atoms with Crippen LogP contribution in [0, 0.1) is 0 Å². The molecule has 108 valence electrons. The second kappa shape index (κ2) is 8.94. The van der Waals surface area contributed by atoms with Crippen LogP contribution in [-0.2, 0) is 6.54 Å². The summed E-state index contributed by atoms with van der Waals surface area (Å²) in [6.07, 6.45) is 1.20. The van der Waals surface area contributed by atoms with Crippen molar-refractivity contribution in [3.05, 3.63) is 29.8 Å². The van der Waals surface area contributed by atoms with Crippen molar-refractivity contribution in [2.45, 2.75) is 39.8 Å². The molecule has 1 unspecified atom stereocenters. The largest absolute Gasteiger partial charge is 0.494 e.